The molecule has 1 atom stereocenters. The summed E-state index contributed by atoms with van der Waals surface area (Å²) in [5.74, 6) is 0.0833. The number of halogens is 2. The Labute approximate surface area is 119 Å². The molecular formula is C15H13BrFNO. The zero-order valence-electron chi connectivity index (χ0n) is 10.2. The molecule has 2 nitrogen and oxygen atoms in total. The Morgan fingerprint density at radius 3 is 2.95 bits per heavy atom. The van der Waals surface area contributed by atoms with Crippen LogP contribution >= 0.6 is 15.9 Å². The Bertz CT molecular complexity index is 630. The largest absolute Gasteiger partial charge is 0.508 e. The van der Waals surface area contributed by atoms with Crippen LogP contribution in [-0.4, -0.2) is 5.11 Å². The maximum atomic E-state index is 13.3. The van der Waals surface area contributed by atoms with Gasteiger partial charge in [0, 0.05) is 4.47 Å². The second kappa shape index (κ2) is 4.85. The van der Waals surface area contributed by atoms with E-state index in [1.807, 2.05) is 12.1 Å². The predicted octanol–water partition coefficient (Wildman–Crippen LogP) is 4.39. The van der Waals surface area contributed by atoms with Crippen LogP contribution in [-0.2, 0) is 6.42 Å². The van der Waals surface area contributed by atoms with Crippen molar-refractivity contribution in [2.45, 2.75) is 18.9 Å². The lowest BCUT2D eigenvalue weighted by atomic mass is 10.1. The van der Waals surface area contributed by atoms with Gasteiger partial charge in [0.05, 0.1) is 11.7 Å². The molecule has 0 bridgehead atoms. The minimum absolute atomic E-state index is 0.111. The maximum absolute atomic E-state index is 13.3. The molecule has 2 N–H and O–H groups in total. The molecule has 1 aliphatic rings. The van der Waals surface area contributed by atoms with Crippen LogP contribution in [0.5, 0.6) is 5.75 Å². The Hall–Kier alpha value is -1.55. The van der Waals surface area contributed by atoms with Crippen molar-refractivity contribution in [1.82, 2.24) is 0 Å². The Balaban J connectivity index is 1.91. The second-order valence-corrected chi connectivity index (χ2v) is 5.56. The maximum Gasteiger partial charge on any atom is 0.125 e. The zero-order valence-corrected chi connectivity index (χ0v) is 11.7. The lowest BCUT2D eigenvalue weighted by Gasteiger charge is -2.17. The fourth-order valence-electron chi connectivity index (χ4n) is 2.58. The van der Waals surface area contributed by atoms with Crippen molar-refractivity contribution >= 4 is 21.6 Å². The molecule has 0 saturated heterocycles. The summed E-state index contributed by atoms with van der Waals surface area (Å²) in [6, 6.07) is 10.3. The number of anilines is 1. The molecule has 4 heteroatoms. The number of fused-ring (bicyclic) bond motifs is 1. The normalized spacial score (nSPS) is 17.3. The molecule has 98 valence electrons. The summed E-state index contributed by atoms with van der Waals surface area (Å²) in [7, 11) is 0. The molecule has 1 aliphatic carbocycles. The van der Waals surface area contributed by atoms with E-state index in [4.69, 9.17) is 0 Å². The Morgan fingerprint density at radius 2 is 2.11 bits per heavy atom. The van der Waals surface area contributed by atoms with Gasteiger partial charge in [-0.2, -0.15) is 0 Å². The Kier molecular flexibility index (Phi) is 3.19. The van der Waals surface area contributed by atoms with Gasteiger partial charge in [0.1, 0.15) is 11.6 Å². The van der Waals surface area contributed by atoms with E-state index in [-0.39, 0.29) is 11.9 Å². The lowest BCUT2D eigenvalue weighted by Crippen LogP contribution is -2.07. The van der Waals surface area contributed by atoms with Crippen LogP contribution in [0.4, 0.5) is 10.1 Å². The predicted molar refractivity (Wildman–Crippen MR) is 76.9 cm³/mol. The van der Waals surface area contributed by atoms with Gasteiger partial charge in [-0.05, 0) is 64.2 Å². The highest BCUT2D eigenvalue weighted by atomic mass is 79.9. The summed E-state index contributed by atoms with van der Waals surface area (Å²) < 4.78 is 14.1. The van der Waals surface area contributed by atoms with E-state index in [2.05, 4.69) is 21.2 Å². The molecule has 0 aliphatic heterocycles. The highest BCUT2D eigenvalue weighted by molar-refractivity contribution is 9.10. The van der Waals surface area contributed by atoms with Crippen LogP contribution in [0.1, 0.15) is 23.6 Å². The summed E-state index contributed by atoms with van der Waals surface area (Å²) in [5.41, 5.74) is 2.82. The molecule has 3 rings (SSSR count). The average Bonchev–Trinajstić information content (AvgIpc) is 2.79. The molecular weight excluding hydrogens is 309 g/mol. The third kappa shape index (κ3) is 2.32. The zero-order chi connectivity index (χ0) is 13.4. The van der Waals surface area contributed by atoms with Crippen LogP contribution in [0.3, 0.4) is 0 Å². The first kappa shape index (κ1) is 12.5. The van der Waals surface area contributed by atoms with Crippen molar-refractivity contribution in [2.75, 3.05) is 5.32 Å². The SMILES string of the molecule is Oc1cccc2c1CCC2Nc1cc(F)ccc1Br. The van der Waals surface area contributed by atoms with E-state index in [0.717, 1.165) is 34.1 Å². The number of aromatic hydroxyl groups is 1. The quantitative estimate of drug-likeness (QED) is 0.859. The topological polar surface area (TPSA) is 32.3 Å². The number of rotatable bonds is 2. The molecule has 2 aromatic rings. The number of hydrogen-bond donors (Lipinski definition) is 2. The van der Waals surface area contributed by atoms with Crippen LogP contribution in [0.2, 0.25) is 0 Å². The lowest BCUT2D eigenvalue weighted by molar-refractivity contribution is 0.469. The number of hydrogen-bond acceptors (Lipinski definition) is 2. The number of phenolic OH excluding ortho intramolecular Hbond substituents is 1. The van der Waals surface area contributed by atoms with Crippen LogP contribution < -0.4 is 5.32 Å². The van der Waals surface area contributed by atoms with E-state index in [0.29, 0.717) is 5.75 Å². The molecule has 0 radical (unpaired) electrons. The fourth-order valence-corrected chi connectivity index (χ4v) is 2.94. The number of benzene rings is 2. The minimum Gasteiger partial charge on any atom is -0.508 e. The van der Waals surface area contributed by atoms with E-state index in [1.165, 1.54) is 12.1 Å². The van der Waals surface area contributed by atoms with Gasteiger partial charge in [-0.15, -0.1) is 0 Å². The standard InChI is InChI=1S/C15H13BrFNO/c16-12-6-4-9(17)8-14(12)18-13-7-5-11-10(13)2-1-3-15(11)19/h1-4,6,8,13,18-19H,5,7H2. The van der Waals surface area contributed by atoms with Gasteiger partial charge in [0.25, 0.3) is 0 Å². The summed E-state index contributed by atoms with van der Waals surface area (Å²) in [6.45, 7) is 0. The molecule has 0 aromatic heterocycles. The smallest absolute Gasteiger partial charge is 0.125 e. The van der Waals surface area contributed by atoms with Gasteiger partial charge in [-0.3, -0.25) is 0 Å². The minimum atomic E-state index is -0.264. The first-order valence-electron chi connectivity index (χ1n) is 6.17. The molecule has 19 heavy (non-hydrogen) atoms. The summed E-state index contributed by atoms with van der Waals surface area (Å²) in [5, 5.41) is 13.2. The second-order valence-electron chi connectivity index (χ2n) is 4.70. The van der Waals surface area contributed by atoms with Crippen LogP contribution in [0.25, 0.3) is 0 Å². The van der Waals surface area contributed by atoms with Crippen molar-refractivity contribution in [3.63, 3.8) is 0 Å². The van der Waals surface area contributed by atoms with E-state index in [9.17, 15) is 9.50 Å². The van der Waals surface area contributed by atoms with Gasteiger partial charge in [0.2, 0.25) is 0 Å². The Morgan fingerprint density at radius 1 is 1.26 bits per heavy atom. The summed E-state index contributed by atoms with van der Waals surface area (Å²) in [6.07, 6.45) is 1.74. The highest BCUT2D eigenvalue weighted by Crippen LogP contribution is 2.39. The van der Waals surface area contributed by atoms with Crippen molar-refractivity contribution in [2.24, 2.45) is 0 Å². The van der Waals surface area contributed by atoms with Gasteiger partial charge < -0.3 is 10.4 Å². The first-order valence-corrected chi connectivity index (χ1v) is 6.97. The third-order valence-electron chi connectivity index (χ3n) is 3.50. The van der Waals surface area contributed by atoms with Gasteiger partial charge in [0.15, 0.2) is 0 Å². The molecule has 0 fully saturated rings. The van der Waals surface area contributed by atoms with Gasteiger partial charge in [-0.1, -0.05) is 12.1 Å². The van der Waals surface area contributed by atoms with Crippen LogP contribution in [0.15, 0.2) is 40.9 Å². The fraction of sp³-hybridized carbons (Fsp3) is 0.200. The summed E-state index contributed by atoms with van der Waals surface area (Å²) in [4.78, 5) is 0. The van der Waals surface area contributed by atoms with Crippen molar-refractivity contribution in [3.8, 4) is 5.75 Å². The van der Waals surface area contributed by atoms with Crippen LogP contribution in [0, 0.1) is 5.82 Å². The molecule has 1 unspecified atom stereocenters. The molecule has 0 heterocycles. The average molecular weight is 322 g/mol. The first-order chi connectivity index (χ1) is 9.15. The van der Waals surface area contributed by atoms with Gasteiger partial charge in [-0.25, -0.2) is 4.39 Å². The van der Waals surface area contributed by atoms with Crippen molar-refractivity contribution < 1.29 is 9.50 Å². The molecule has 0 saturated carbocycles. The molecule has 0 spiro atoms. The molecule has 0 amide bonds. The van der Waals surface area contributed by atoms with Crippen molar-refractivity contribution in [1.29, 1.82) is 0 Å². The molecule has 2 aromatic carbocycles. The van der Waals surface area contributed by atoms with E-state index >= 15 is 0 Å². The van der Waals surface area contributed by atoms with Crippen molar-refractivity contribution in [3.05, 3.63) is 57.8 Å². The van der Waals surface area contributed by atoms with Gasteiger partial charge >= 0.3 is 0 Å². The highest BCUT2D eigenvalue weighted by Gasteiger charge is 2.24. The van der Waals surface area contributed by atoms with E-state index < -0.39 is 0 Å². The monoisotopic (exact) mass is 321 g/mol. The van der Waals surface area contributed by atoms with E-state index in [1.54, 1.807) is 12.1 Å². The third-order valence-corrected chi connectivity index (χ3v) is 4.20. The number of phenols is 1. The number of nitrogens with one attached hydrogen (secondary N) is 1. The summed E-state index contributed by atoms with van der Waals surface area (Å²) >= 11 is 3.41.